The van der Waals surface area contributed by atoms with Gasteiger partial charge in [0.25, 0.3) is 0 Å². The van der Waals surface area contributed by atoms with E-state index in [4.69, 9.17) is 18.9 Å². The molecule has 2 saturated heterocycles. The van der Waals surface area contributed by atoms with Gasteiger partial charge in [-0.2, -0.15) is 0 Å². The first-order valence-corrected chi connectivity index (χ1v) is 16.8. The van der Waals surface area contributed by atoms with E-state index in [1.807, 2.05) is 13.8 Å². The van der Waals surface area contributed by atoms with Crippen LogP contribution < -0.4 is 0 Å². The van der Waals surface area contributed by atoms with Gasteiger partial charge in [-0.15, -0.1) is 0 Å². The molecule has 7 aliphatic rings. The molecule has 12 heteroatoms. The molecule has 256 valence electrons. The predicted molar refractivity (Wildman–Crippen MR) is 159 cm³/mol. The summed E-state index contributed by atoms with van der Waals surface area (Å²) in [5.74, 6) is -0.997. The summed E-state index contributed by atoms with van der Waals surface area (Å²) in [5, 5.41) is 64.3. The highest BCUT2D eigenvalue weighted by molar-refractivity contribution is 5.97. The minimum absolute atomic E-state index is 0.0346. The first kappa shape index (κ1) is 32.8. The van der Waals surface area contributed by atoms with E-state index in [1.54, 1.807) is 19.1 Å². The Balaban J connectivity index is 1.07. The van der Waals surface area contributed by atoms with Crippen LogP contribution in [-0.2, 0) is 28.5 Å². The van der Waals surface area contributed by atoms with Crippen LogP contribution in [0.15, 0.2) is 23.3 Å². The third kappa shape index (κ3) is 4.24. The number of rotatable bonds is 6. The van der Waals surface area contributed by atoms with Crippen LogP contribution in [0, 0.1) is 34.5 Å². The molecule has 5 fully saturated rings. The predicted octanol–water partition coefficient (Wildman–Crippen LogP) is 0.292. The number of cyclic esters (lactones) is 1. The summed E-state index contributed by atoms with van der Waals surface area (Å²) in [6.45, 7) is 6.91. The summed E-state index contributed by atoms with van der Waals surface area (Å²) in [6, 6.07) is 0. The average Bonchev–Trinajstić information content (AvgIpc) is 3.78. The van der Waals surface area contributed by atoms with Gasteiger partial charge in [0.1, 0.15) is 42.2 Å². The van der Waals surface area contributed by atoms with Crippen LogP contribution in [0.4, 0.5) is 0 Å². The molecule has 16 atom stereocenters. The molecular formula is C34H48O12. The minimum atomic E-state index is -1.60. The Kier molecular flexibility index (Phi) is 7.76. The Morgan fingerprint density at radius 2 is 1.74 bits per heavy atom. The molecule has 0 bridgehead atoms. The summed E-state index contributed by atoms with van der Waals surface area (Å²) >= 11 is 0. The SMILES string of the molecule is CC1=C(CO[C@@H]2O[C@H](CO)[C@@H](O)[C@H](O)[C@H]2O)C(=O)O[C@@H]([C@@H](C)[C@@]2(O)CC[C@H]3[C@@H]4[C@@H]5O[C@@H]5[C@@]5(O)CC=CC(=O)[C@]5(C)[C@H]4CC[C@@]32C)C1. The van der Waals surface area contributed by atoms with Gasteiger partial charge < -0.3 is 49.6 Å². The number of hydrogen-bond donors (Lipinski definition) is 6. The zero-order valence-corrected chi connectivity index (χ0v) is 26.9. The lowest BCUT2D eigenvalue weighted by atomic mass is 9.43. The normalized spacial score (nSPS) is 53.6. The molecule has 3 aliphatic heterocycles. The third-order valence-corrected chi connectivity index (χ3v) is 13.9. The largest absolute Gasteiger partial charge is 0.458 e. The monoisotopic (exact) mass is 648 g/mol. The molecule has 4 aliphatic carbocycles. The fraction of sp³-hybridized carbons (Fsp3) is 0.824. The number of esters is 1. The molecule has 0 radical (unpaired) electrons. The van der Waals surface area contributed by atoms with Crippen LogP contribution in [0.1, 0.15) is 66.2 Å². The topological polar surface area (TPSA) is 196 Å². The van der Waals surface area contributed by atoms with Crippen LogP contribution in [-0.4, -0.2) is 116 Å². The Labute approximate surface area is 268 Å². The van der Waals surface area contributed by atoms with E-state index in [-0.39, 0.29) is 41.8 Å². The van der Waals surface area contributed by atoms with Crippen molar-refractivity contribution >= 4 is 11.8 Å². The summed E-state index contributed by atoms with van der Waals surface area (Å²) in [5.41, 5.74) is -2.86. The molecule has 3 heterocycles. The third-order valence-electron chi connectivity index (χ3n) is 13.9. The summed E-state index contributed by atoms with van der Waals surface area (Å²) < 4.78 is 23.2. The number of ether oxygens (including phenoxy) is 4. The molecular weight excluding hydrogens is 600 g/mol. The lowest BCUT2D eigenvalue weighted by Crippen LogP contribution is -2.68. The number of carbonyl (C=O) groups is 2. The second-order valence-electron chi connectivity index (χ2n) is 15.5. The van der Waals surface area contributed by atoms with Gasteiger partial charge in [0, 0.05) is 12.3 Å². The molecule has 0 spiro atoms. The van der Waals surface area contributed by atoms with Gasteiger partial charge in [-0.25, -0.2) is 4.79 Å². The first-order chi connectivity index (χ1) is 21.6. The lowest BCUT2D eigenvalue weighted by Gasteiger charge is -2.61. The van der Waals surface area contributed by atoms with Gasteiger partial charge in [-0.3, -0.25) is 4.79 Å². The maximum atomic E-state index is 13.4. The van der Waals surface area contributed by atoms with Crippen LogP contribution in [0.2, 0.25) is 0 Å². The van der Waals surface area contributed by atoms with E-state index in [2.05, 4.69) is 6.92 Å². The minimum Gasteiger partial charge on any atom is -0.458 e. The smallest absolute Gasteiger partial charge is 0.336 e. The fourth-order valence-electron chi connectivity index (χ4n) is 10.8. The first-order valence-electron chi connectivity index (χ1n) is 16.8. The second kappa shape index (κ2) is 10.9. The molecule has 7 rings (SSSR count). The van der Waals surface area contributed by atoms with Crippen LogP contribution in [0.3, 0.4) is 0 Å². The fourth-order valence-corrected chi connectivity index (χ4v) is 10.8. The van der Waals surface area contributed by atoms with Crippen molar-refractivity contribution in [2.45, 2.75) is 126 Å². The summed E-state index contributed by atoms with van der Waals surface area (Å²) in [6.07, 6.45) is -1.56. The van der Waals surface area contributed by atoms with Gasteiger partial charge in [0.05, 0.1) is 35.9 Å². The van der Waals surface area contributed by atoms with Crippen molar-refractivity contribution in [1.82, 2.24) is 0 Å². The highest BCUT2D eigenvalue weighted by Gasteiger charge is 2.78. The molecule has 12 nitrogen and oxygen atoms in total. The zero-order chi connectivity index (χ0) is 33.1. The number of carbonyl (C=O) groups excluding carboxylic acids is 2. The van der Waals surface area contributed by atoms with Crippen LogP contribution in [0.5, 0.6) is 0 Å². The molecule has 0 unspecified atom stereocenters. The van der Waals surface area contributed by atoms with Crippen molar-refractivity contribution in [2.24, 2.45) is 34.5 Å². The number of fused-ring (bicyclic) bond motifs is 8. The number of hydrogen-bond acceptors (Lipinski definition) is 12. The highest BCUT2D eigenvalue weighted by Crippen LogP contribution is 2.72. The summed E-state index contributed by atoms with van der Waals surface area (Å²) in [4.78, 5) is 26.7. The van der Waals surface area contributed by atoms with E-state index in [0.29, 0.717) is 37.7 Å². The highest BCUT2D eigenvalue weighted by atomic mass is 16.7. The molecule has 46 heavy (non-hydrogen) atoms. The van der Waals surface area contributed by atoms with Crippen molar-refractivity contribution in [3.05, 3.63) is 23.3 Å². The van der Waals surface area contributed by atoms with E-state index >= 15 is 0 Å². The van der Waals surface area contributed by atoms with Crippen molar-refractivity contribution in [1.29, 1.82) is 0 Å². The van der Waals surface area contributed by atoms with E-state index in [9.17, 15) is 40.2 Å². The van der Waals surface area contributed by atoms with Crippen LogP contribution >= 0.6 is 0 Å². The molecule has 3 saturated carbocycles. The standard InChI is InChI=1S/C34H48O12/c1-15-12-20(44-29(40)17(15)14-43-30-26(39)25(38)24(37)21(13-35)45-30)16(2)33(41)11-8-18-23-19(7-10-31(18,33)3)32(4)22(36)6-5-9-34(32,42)28-27(23)46-28/h5-6,16,18-21,23-28,30,35,37-39,41-42H,7-14H2,1-4H3/t16-,18+,19+,20-,21-,23+,24-,25+,26-,27+,28+,30-,31+,32+,33+,34+/m1/s1. The van der Waals surface area contributed by atoms with E-state index in [1.165, 1.54) is 0 Å². The van der Waals surface area contributed by atoms with Gasteiger partial charge >= 0.3 is 5.97 Å². The van der Waals surface area contributed by atoms with Crippen molar-refractivity contribution in [3.63, 3.8) is 0 Å². The lowest BCUT2D eigenvalue weighted by molar-refractivity contribution is -0.299. The Bertz CT molecular complexity index is 1340. The van der Waals surface area contributed by atoms with Gasteiger partial charge in [0.2, 0.25) is 0 Å². The molecule has 0 aromatic rings. The average molecular weight is 649 g/mol. The van der Waals surface area contributed by atoms with E-state index < -0.39 is 83.4 Å². The van der Waals surface area contributed by atoms with Crippen molar-refractivity contribution in [2.75, 3.05) is 13.2 Å². The Hall–Kier alpha value is -1.74. The quantitative estimate of drug-likeness (QED) is 0.171. The van der Waals surface area contributed by atoms with Gasteiger partial charge in [-0.05, 0) is 75.2 Å². The van der Waals surface area contributed by atoms with Crippen molar-refractivity contribution < 1.29 is 59.2 Å². The zero-order valence-electron chi connectivity index (χ0n) is 26.9. The number of epoxide rings is 1. The number of ketones is 1. The van der Waals surface area contributed by atoms with Gasteiger partial charge in [0.15, 0.2) is 12.1 Å². The summed E-state index contributed by atoms with van der Waals surface area (Å²) in [7, 11) is 0. The molecule has 0 amide bonds. The van der Waals surface area contributed by atoms with E-state index in [0.717, 1.165) is 6.42 Å². The molecule has 0 aromatic carbocycles. The number of aliphatic hydroxyl groups is 6. The maximum absolute atomic E-state index is 13.4. The number of aliphatic hydroxyl groups excluding tert-OH is 4. The molecule has 6 N–H and O–H groups in total. The Morgan fingerprint density at radius 3 is 2.43 bits per heavy atom. The number of allylic oxidation sites excluding steroid dienone is 1. The maximum Gasteiger partial charge on any atom is 0.336 e. The Morgan fingerprint density at radius 1 is 1.02 bits per heavy atom. The van der Waals surface area contributed by atoms with Crippen LogP contribution in [0.25, 0.3) is 0 Å². The van der Waals surface area contributed by atoms with Crippen molar-refractivity contribution in [3.8, 4) is 0 Å². The van der Waals surface area contributed by atoms with Gasteiger partial charge in [-0.1, -0.05) is 25.5 Å². The second-order valence-corrected chi connectivity index (χ2v) is 15.5. The molecule has 0 aromatic heterocycles.